The summed E-state index contributed by atoms with van der Waals surface area (Å²) in [5, 5.41) is 2.08. The standard InChI is InChI=1S/C15H19N5OS/c1-12-16-4-3-14(18-12)15(21)20-6-2-5-19(7-8-20)9-13-10-22-11-17-13/h3-4,10-11H,2,5-9H2,1H3. The van der Waals surface area contributed by atoms with Gasteiger partial charge in [-0.05, 0) is 19.4 Å². The first-order valence-corrected chi connectivity index (χ1v) is 8.35. The summed E-state index contributed by atoms with van der Waals surface area (Å²) in [5.41, 5.74) is 3.46. The van der Waals surface area contributed by atoms with Gasteiger partial charge in [-0.3, -0.25) is 9.69 Å². The third kappa shape index (κ3) is 3.66. The van der Waals surface area contributed by atoms with Crippen LogP contribution in [0.2, 0.25) is 0 Å². The minimum absolute atomic E-state index is 0.000934. The second-order valence-electron chi connectivity index (χ2n) is 5.39. The fourth-order valence-electron chi connectivity index (χ4n) is 2.61. The lowest BCUT2D eigenvalue weighted by atomic mass is 10.3. The molecule has 22 heavy (non-hydrogen) atoms. The second kappa shape index (κ2) is 6.93. The van der Waals surface area contributed by atoms with Gasteiger partial charge in [0.15, 0.2) is 0 Å². The molecule has 3 rings (SSSR count). The van der Waals surface area contributed by atoms with Crippen LogP contribution >= 0.6 is 11.3 Å². The van der Waals surface area contributed by atoms with Gasteiger partial charge >= 0.3 is 0 Å². The van der Waals surface area contributed by atoms with E-state index in [4.69, 9.17) is 0 Å². The maximum Gasteiger partial charge on any atom is 0.272 e. The fourth-order valence-corrected chi connectivity index (χ4v) is 3.16. The highest BCUT2D eigenvalue weighted by Gasteiger charge is 2.21. The number of aromatic nitrogens is 3. The first-order chi connectivity index (χ1) is 10.7. The number of aryl methyl sites for hydroxylation is 1. The molecule has 1 aliphatic heterocycles. The van der Waals surface area contributed by atoms with E-state index in [1.807, 2.05) is 10.4 Å². The van der Waals surface area contributed by atoms with Crippen molar-refractivity contribution < 1.29 is 4.79 Å². The minimum Gasteiger partial charge on any atom is -0.336 e. The average molecular weight is 317 g/mol. The molecule has 0 atom stereocenters. The van der Waals surface area contributed by atoms with Crippen LogP contribution in [-0.2, 0) is 6.54 Å². The summed E-state index contributed by atoms with van der Waals surface area (Å²) in [6, 6.07) is 1.69. The van der Waals surface area contributed by atoms with Crippen molar-refractivity contribution in [2.45, 2.75) is 19.9 Å². The van der Waals surface area contributed by atoms with Crippen molar-refractivity contribution in [3.63, 3.8) is 0 Å². The van der Waals surface area contributed by atoms with Crippen LogP contribution in [0.15, 0.2) is 23.2 Å². The van der Waals surface area contributed by atoms with Gasteiger partial charge in [-0.15, -0.1) is 11.3 Å². The zero-order valence-electron chi connectivity index (χ0n) is 12.6. The second-order valence-corrected chi connectivity index (χ2v) is 6.11. The van der Waals surface area contributed by atoms with Gasteiger partial charge in [0.2, 0.25) is 0 Å². The minimum atomic E-state index is 0.000934. The summed E-state index contributed by atoms with van der Waals surface area (Å²) in [6.45, 7) is 6.02. The van der Waals surface area contributed by atoms with Gasteiger partial charge in [0.05, 0.1) is 11.2 Å². The van der Waals surface area contributed by atoms with E-state index in [9.17, 15) is 4.79 Å². The predicted molar refractivity (Wildman–Crippen MR) is 84.7 cm³/mol. The maximum atomic E-state index is 12.5. The van der Waals surface area contributed by atoms with Crippen molar-refractivity contribution in [1.29, 1.82) is 0 Å². The van der Waals surface area contributed by atoms with Gasteiger partial charge in [-0.25, -0.2) is 15.0 Å². The SMILES string of the molecule is Cc1nccc(C(=O)N2CCCN(Cc3cscn3)CC2)n1. The highest BCUT2D eigenvalue weighted by molar-refractivity contribution is 7.07. The molecular weight excluding hydrogens is 298 g/mol. The van der Waals surface area contributed by atoms with Crippen LogP contribution in [0.3, 0.4) is 0 Å². The maximum absolute atomic E-state index is 12.5. The molecule has 0 spiro atoms. The van der Waals surface area contributed by atoms with Crippen LogP contribution < -0.4 is 0 Å². The molecule has 0 unspecified atom stereocenters. The lowest BCUT2D eigenvalue weighted by molar-refractivity contribution is 0.0754. The van der Waals surface area contributed by atoms with E-state index in [1.165, 1.54) is 0 Å². The first-order valence-electron chi connectivity index (χ1n) is 7.41. The summed E-state index contributed by atoms with van der Waals surface area (Å²) < 4.78 is 0. The van der Waals surface area contributed by atoms with Gasteiger partial charge in [0.25, 0.3) is 5.91 Å². The molecule has 1 amide bonds. The quantitative estimate of drug-likeness (QED) is 0.860. The lowest BCUT2D eigenvalue weighted by Gasteiger charge is -2.21. The number of hydrogen-bond donors (Lipinski definition) is 0. The average Bonchev–Trinajstić information content (AvgIpc) is 2.91. The van der Waals surface area contributed by atoms with Gasteiger partial charge in [0.1, 0.15) is 11.5 Å². The number of carbonyl (C=O) groups excluding carboxylic acids is 1. The third-order valence-corrected chi connectivity index (χ3v) is 4.38. The van der Waals surface area contributed by atoms with Crippen molar-refractivity contribution in [1.82, 2.24) is 24.8 Å². The monoisotopic (exact) mass is 317 g/mol. The Kier molecular flexibility index (Phi) is 4.74. The van der Waals surface area contributed by atoms with Gasteiger partial charge in [-0.1, -0.05) is 0 Å². The summed E-state index contributed by atoms with van der Waals surface area (Å²) in [5.74, 6) is 0.631. The molecule has 2 aromatic rings. The van der Waals surface area contributed by atoms with Crippen LogP contribution in [0.25, 0.3) is 0 Å². The number of rotatable bonds is 3. The van der Waals surface area contributed by atoms with Crippen molar-refractivity contribution in [2.75, 3.05) is 26.2 Å². The highest BCUT2D eigenvalue weighted by Crippen LogP contribution is 2.11. The predicted octanol–water partition coefficient (Wildman–Crippen LogP) is 1.59. The molecule has 2 aromatic heterocycles. The topological polar surface area (TPSA) is 62.2 Å². The van der Waals surface area contributed by atoms with Crippen LogP contribution in [0.5, 0.6) is 0 Å². The Balaban J connectivity index is 1.61. The molecule has 0 radical (unpaired) electrons. The number of carbonyl (C=O) groups is 1. The van der Waals surface area contributed by atoms with Crippen molar-refractivity contribution in [3.05, 3.63) is 40.4 Å². The van der Waals surface area contributed by atoms with E-state index in [1.54, 1.807) is 30.5 Å². The van der Waals surface area contributed by atoms with E-state index < -0.39 is 0 Å². The Labute approximate surface area is 133 Å². The van der Waals surface area contributed by atoms with E-state index in [2.05, 4.69) is 25.2 Å². The van der Waals surface area contributed by atoms with Gasteiger partial charge in [-0.2, -0.15) is 0 Å². The van der Waals surface area contributed by atoms with Crippen LogP contribution in [-0.4, -0.2) is 56.8 Å². The Morgan fingerprint density at radius 2 is 2.18 bits per heavy atom. The van der Waals surface area contributed by atoms with Crippen LogP contribution in [0, 0.1) is 6.92 Å². The van der Waals surface area contributed by atoms with E-state index in [-0.39, 0.29) is 5.91 Å². The Morgan fingerprint density at radius 3 is 2.95 bits per heavy atom. The molecule has 116 valence electrons. The van der Waals surface area contributed by atoms with Gasteiger partial charge in [0, 0.05) is 44.3 Å². The molecule has 0 aromatic carbocycles. The van der Waals surface area contributed by atoms with Crippen LogP contribution in [0.4, 0.5) is 0 Å². The molecule has 3 heterocycles. The molecule has 0 bridgehead atoms. The molecule has 1 aliphatic rings. The normalized spacial score (nSPS) is 16.5. The van der Waals surface area contributed by atoms with Crippen LogP contribution in [0.1, 0.15) is 28.4 Å². The lowest BCUT2D eigenvalue weighted by Crippen LogP contribution is -2.35. The third-order valence-electron chi connectivity index (χ3n) is 3.74. The molecule has 1 fully saturated rings. The Morgan fingerprint density at radius 1 is 1.27 bits per heavy atom. The number of thiazole rings is 1. The molecule has 0 aliphatic carbocycles. The zero-order chi connectivity index (χ0) is 15.4. The molecule has 0 saturated carbocycles. The largest absolute Gasteiger partial charge is 0.336 e. The Bertz CT molecular complexity index is 631. The van der Waals surface area contributed by atoms with E-state index in [0.29, 0.717) is 11.5 Å². The van der Waals surface area contributed by atoms with Crippen molar-refractivity contribution in [2.24, 2.45) is 0 Å². The molecule has 0 N–H and O–H groups in total. The fraction of sp³-hybridized carbons (Fsp3) is 0.467. The van der Waals surface area contributed by atoms with E-state index in [0.717, 1.165) is 44.8 Å². The molecular formula is C15H19N5OS. The van der Waals surface area contributed by atoms with E-state index >= 15 is 0 Å². The zero-order valence-corrected chi connectivity index (χ0v) is 13.4. The van der Waals surface area contributed by atoms with Gasteiger partial charge < -0.3 is 4.90 Å². The molecule has 6 nitrogen and oxygen atoms in total. The smallest absolute Gasteiger partial charge is 0.272 e. The Hall–Kier alpha value is -1.86. The number of hydrogen-bond acceptors (Lipinski definition) is 6. The number of nitrogens with zero attached hydrogens (tertiary/aromatic N) is 5. The number of amides is 1. The summed E-state index contributed by atoms with van der Waals surface area (Å²) in [6.07, 6.45) is 2.61. The summed E-state index contributed by atoms with van der Waals surface area (Å²) in [7, 11) is 0. The summed E-state index contributed by atoms with van der Waals surface area (Å²) in [4.78, 5) is 29.4. The van der Waals surface area contributed by atoms with Crippen molar-refractivity contribution in [3.8, 4) is 0 Å². The molecule has 1 saturated heterocycles. The summed E-state index contributed by atoms with van der Waals surface area (Å²) >= 11 is 1.62. The van der Waals surface area contributed by atoms with Crippen molar-refractivity contribution >= 4 is 17.2 Å². The first kappa shape index (κ1) is 15.1. The highest BCUT2D eigenvalue weighted by atomic mass is 32.1. The molecule has 7 heteroatoms.